The first-order valence-electron chi connectivity index (χ1n) is 5.70. The molecule has 0 aromatic carbocycles. The minimum absolute atomic E-state index is 0. The zero-order chi connectivity index (χ0) is 15.6. The van der Waals surface area contributed by atoms with Gasteiger partial charge in [0.15, 0.2) is 0 Å². The van der Waals surface area contributed by atoms with Gasteiger partial charge in [-0.15, -0.1) is 36.8 Å². The summed E-state index contributed by atoms with van der Waals surface area (Å²) < 4.78 is 0. The Balaban J connectivity index is -0.0000000865. The Hall–Kier alpha value is -0.184. The van der Waals surface area contributed by atoms with E-state index in [1.165, 1.54) is 17.1 Å². The van der Waals surface area contributed by atoms with Crippen molar-refractivity contribution in [3.05, 3.63) is 36.8 Å². The Morgan fingerprint density at radius 3 is 0.632 bits per heavy atom. The summed E-state index contributed by atoms with van der Waals surface area (Å²) in [6, 6.07) is 0. The molecule has 0 aliphatic heterocycles. The fraction of sp³-hybridized carbons (Fsp3) is 0.500. The van der Waals surface area contributed by atoms with Gasteiger partial charge in [-0.2, -0.15) is 0 Å². The summed E-state index contributed by atoms with van der Waals surface area (Å²) in [4.78, 5) is 31.5. The van der Waals surface area contributed by atoms with Crippen molar-refractivity contribution in [3.63, 3.8) is 0 Å². The van der Waals surface area contributed by atoms with Crippen molar-refractivity contribution in [2.45, 2.75) is 39.3 Å². The van der Waals surface area contributed by atoms with E-state index in [0.717, 1.165) is 0 Å². The van der Waals surface area contributed by atoms with Crippen molar-refractivity contribution in [1.29, 1.82) is 0 Å². The minimum atomic E-state index is -2.12. The van der Waals surface area contributed by atoms with Crippen LogP contribution in [0.5, 0.6) is 0 Å². The van der Waals surface area contributed by atoms with Gasteiger partial charge in [0.2, 0.25) is 0 Å². The molecule has 0 radical (unpaired) electrons. The third-order valence-electron chi connectivity index (χ3n) is 1.47. The Bertz CT molecular complexity index is 208. The van der Waals surface area contributed by atoms with E-state index >= 15 is 0 Å². The van der Waals surface area contributed by atoms with Crippen LogP contribution in [-0.2, 0) is 0 Å². The number of hydrogen-bond donors (Lipinski definition) is 0. The molecule has 0 heterocycles. The van der Waals surface area contributed by atoms with Gasteiger partial charge >= 0.3 is 8.41 Å². The quantitative estimate of drug-likeness (QED) is 0.710. The van der Waals surface area contributed by atoms with Crippen LogP contribution in [0, 0.1) is 0 Å². The van der Waals surface area contributed by atoms with Gasteiger partial charge in [0, 0.05) is 0 Å². The van der Waals surface area contributed by atoms with Gasteiger partial charge in [0.05, 0.1) is 0 Å². The van der Waals surface area contributed by atoms with Crippen molar-refractivity contribution in [3.8, 4) is 0 Å². The fourth-order valence-electron chi connectivity index (χ4n) is 0. The zero-order valence-electron chi connectivity index (χ0n) is 13.2. The van der Waals surface area contributed by atoms with Gasteiger partial charge in [0.1, 0.15) is 0 Å². The van der Waals surface area contributed by atoms with Crippen LogP contribution in [0.15, 0.2) is 36.8 Å². The number of rotatable bonds is 3. The molecular weight excluding hydrogens is 287 g/mol. The van der Waals surface area contributed by atoms with Crippen LogP contribution in [0.25, 0.3) is 0 Å². The summed E-state index contributed by atoms with van der Waals surface area (Å²) >= 11 is 0. The largest absolute Gasteiger partial charge is 3.00 e. The monoisotopic (exact) mass is 314 g/mol. The molecular formula is C12H27BO3Si3. The average molecular weight is 314 g/mol. The van der Waals surface area contributed by atoms with Gasteiger partial charge in [-0.25, -0.2) is 0 Å². The molecule has 0 spiro atoms. The maximum absolute atomic E-state index is 10.5. The summed E-state index contributed by atoms with van der Waals surface area (Å²) in [5.41, 5.74) is 4.56. The molecule has 0 aromatic rings. The molecule has 19 heavy (non-hydrogen) atoms. The van der Waals surface area contributed by atoms with Gasteiger partial charge in [-0.05, 0) is 25.0 Å². The van der Waals surface area contributed by atoms with Crippen LogP contribution in [0.4, 0.5) is 0 Å². The first kappa shape index (κ1) is 27.2. The summed E-state index contributed by atoms with van der Waals surface area (Å²) in [5, 5.41) is 0. The normalized spacial score (nSPS) is 10.6. The second-order valence-corrected chi connectivity index (χ2v) is 16.3. The maximum Gasteiger partial charge on any atom is 3.00 e. The second kappa shape index (κ2) is 11.6. The molecule has 0 atom stereocenters. The van der Waals surface area contributed by atoms with Crippen LogP contribution in [0.1, 0.15) is 0 Å². The summed E-state index contributed by atoms with van der Waals surface area (Å²) in [6.45, 7) is 20.4. The first-order chi connectivity index (χ1) is 7.68. The van der Waals surface area contributed by atoms with E-state index < -0.39 is 25.0 Å². The SMILES string of the molecule is C=C[Si](C)(C)[O-].C=C[Si](C)(C)[O-].C=C[Si](C)(C)[O-].[B+3]. The average Bonchev–Trinajstić information content (AvgIpc) is 2.16. The Kier molecular flexibility index (Phi) is 16.6. The minimum Gasteiger partial charge on any atom is -0.856 e. The van der Waals surface area contributed by atoms with Gasteiger partial charge in [0.25, 0.3) is 0 Å². The van der Waals surface area contributed by atoms with E-state index in [9.17, 15) is 14.4 Å². The fourth-order valence-corrected chi connectivity index (χ4v) is 0. The summed E-state index contributed by atoms with van der Waals surface area (Å²) in [5.74, 6) is 0. The zero-order valence-corrected chi connectivity index (χ0v) is 16.2. The predicted molar refractivity (Wildman–Crippen MR) is 88.8 cm³/mol. The molecule has 0 unspecified atom stereocenters. The predicted octanol–water partition coefficient (Wildman–Crippen LogP) is 0.450. The van der Waals surface area contributed by atoms with E-state index in [1.54, 1.807) is 39.3 Å². The van der Waals surface area contributed by atoms with E-state index in [0.29, 0.717) is 0 Å². The standard InChI is InChI=1S/3C4H9OSi.B/c3*1-4-6(2,3)5;/h3*4H,1H2,2-3H3;/q3*-1;+3. The van der Waals surface area contributed by atoms with Crippen molar-refractivity contribution >= 4 is 33.4 Å². The second-order valence-electron chi connectivity index (χ2n) is 5.42. The van der Waals surface area contributed by atoms with E-state index in [-0.39, 0.29) is 8.41 Å². The molecule has 0 aromatic heterocycles. The van der Waals surface area contributed by atoms with E-state index in [2.05, 4.69) is 19.7 Å². The smallest absolute Gasteiger partial charge is 0.856 e. The Morgan fingerprint density at radius 1 is 0.579 bits per heavy atom. The summed E-state index contributed by atoms with van der Waals surface area (Å²) in [6.07, 6.45) is 0. The molecule has 108 valence electrons. The van der Waals surface area contributed by atoms with Crippen LogP contribution in [-0.4, -0.2) is 33.4 Å². The van der Waals surface area contributed by atoms with Crippen LogP contribution < -0.4 is 14.4 Å². The molecule has 7 heteroatoms. The molecule has 3 nitrogen and oxygen atoms in total. The van der Waals surface area contributed by atoms with Gasteiger partial charge in [-0.1, -0.05) is 39.3 Å². The molecule has 0 aliphatic carbocycles. The third kappa shape index (κ3) is 57.3. The van der Waals surface area contributed by atoms with E-state index in [4.69, 9.17) is 0 Å². The van der Waals surface area contributed by atoms with Crippen molar-refractivity contribution < 1.29 is 14.4 Å². The van der Waals surface area contributed by atoms with Crippen molar-refractivity contribution in [1.82, 2.24) is 0 Å². The Morgan fingerprint density at radius 2 is 0.632 bits per heavy atom. The van der Waals surface area contributed by atoms with Crippen LogP contribution in [0.3, 0.4) is 0 Å². The van der Waals surface area contributed by atoms with Gasteiger partial charge < -0.3 is 14.4 Å². The van der Waals surface area contributed by atoms with Crippen molar-refractivity contribution in [2.75, 3.05) is 0 Å². The van der Waals surface area contributed by atoms with E-state index in [1.807, 2.05) is 0 Å². The number of hydrogen-bond acceptors (Lipinski definition) is 3. The molecule has 0 saturated carbocycles. The topological polar surface area (TPSA) is 69.2 Å². The molecule has 0 N–H and O–H groups in total. The van der Waals surface area contributed by atoms with Crippen LogP contribution in [0.2, 0.25) is 39.3 Å². The van der Waals surface area contributed by atoms with Gasteiger partial charge in [-0.3, -0.25) is 0 Å². The molecule has 0 rings (SSSR count). The molecule has 0 amide bonds. The molecule has 0 saturated heterocycles. The van der Waals surface area contributed by atoms with Crippen LogP contribution >= 0.6 is 0 Å². The molecule has 0 bridgehead atoms. The third-order valence-corrected chi connectivity index (χ3v) is 4.42. The Labute approximate surface area is 124 Å². The molecule has 0 fully saturated rings. The first-order valence-corrected chi connectivity index (χ1v) is 14.7. The maximum atomic E-state index is 10.5. The summed E-state index contributed by atoms with van der Waals surface area (Å²) in [7, 11) is -6.35. The van der Waals surface area contributed by atoms with Crippen molar-refractivity contribution in [2.24, 2.45) is 0 Å². The molecule has 0 aliphatic rings.